The summed E-state index contributed by atoms with van der Waals surface area (Å²) in [6.45, 7) is 6.77. The summed E-state index contributed by atoms with van der Waals surface area (Å²) in [4.78, 5) is 6.63. The second kappa shape index (κ2) is 9.36. The third kappa shape index (κ3) is 5.19. The maximum Gasteiger partial charge on any atom is 0.248 e. The normalized spacial score (nSPS) is 17.2. The van der Waals surface area contributed by atoms with E-state index in [4.69, 9.17) is 9.15 Å². The lowest BCUT2D eigenvalue weighted by Gasteiger charge is -2.31. The van der Waals surface area contributed by atoms with Crippen molar-refractivity contribution in [2.45, 2.75) is 32.9 Å². The van der Waals surface area contributed by atoms with Gasteiger partial charge in [0.25, 0.3) is 0 Å². The van der Waals surface area contributed by atoms with E-state index in [9.17, 15) is 8.42 Å². The summed E-state index contributed by atoms with van der Waals surface area (Å²) in [5.41, 5.74) is 4.06. The topological polar surface area (TPSA) is 139 Å². The second-order valence-electron chi connectivity index (χ2n) is 8.72. The summed E-state index contributed by atoms with van der Waals surface area (Å²) in [6.07, 6.45) is 5.72. The van der Waals surface area contributed by atoms with Gasteiger partial charge in [-0.3, -0.25) is 19.7 Å². The van der Waals surface area contributed by atoms with E-state index in [1.165, 1.54) is 0 Å². The first-order chi connectivity index (χ1) is 16.8. The van der Waals surface area contributed by atoms with Crippen LogP contribution in [0.15, 0.2) is 35.0 Å². The smallest absolute Gasteiger partial charge is 0.248 e. The molecule has 0 amide bonds. The van der Waals surface area contributed by atoms with Gasteiger partial charge in [-0.2, -0.15) is 5.10 Å². The van der Waals surface area contributed by atoms with Crippen LogP contribution in [-0.4, -0.2) is 70.8 Å². The number of nitrogens with zero attached hydrogens (tertiary/aromatic N) is 5. The van der Waals surface area contributed by atoms with Gasteiger partial charge in [-0.15, -0.1) is 10.2 Å². The number of aromatic nitrogens is 5. The van der Waals surface area contributed by atoms with Gasteiger partial charge in [0.1, 0.15) is 0 Å². The summed E-state index contributed by atoms with van der Waals surface area (Å²) in [7, 11) is -3.44. The first-order valence-electron chi connectivity index (χ1n) is 11.4. The Labute approximate surface area is 203 Å². The molecule has 11 nitrogen and oxygen atoms in total. The number of rotatable bonds is 7. The number of sulfonamides is 1. The van der Waals surface area contributed by atoms with E-state index in [2.05, 4.69) is 41.9 Å². The first kappa shape index (κ1) is 23.4. The number of hydrogen-bond acceptors (Lipinski definition) is 9. The lowest BCUT2D eigenvalue weighted by Crippen LogP contribution is -2.41. The number of hydrogen-bond donors (Lipinski definition) is 2. The third-order valence-electron chi connectivity index (χ3n) is 6.01. The number of pyridine rings is 1. The molecule has 3 aromatic heterocycles. The van der Waals surface area contributed by atoms with Crippen LogP contribution in [0.1, 0.15) is 24.9 Å². The molecule has 1 aliphatic heterocycles. The Morgan fingerprint density at radius 3 is 2.86 bits per heavy atom. The van der Waals surface area contributed by atoms with Crippen molar-refractivity contribution in [1.82, 2.24) is 30.3 Å². The summed E-state index contributed by atoms with van der Waals surface area (Å²) in [6, 6.07) is 5.61. The van der Waals surface area contributed by atoms with Gasteiger partial charge in [-0.05, 0) is 37.1 Å². The molecule has 0 saturated carbocycles. The van der Waals surface area contributed by atoms with Crippen LogP contribution in [0.4, 0.5) is 5.69 Å². The van der Waals surface area contributed by atoms with Crippen molar-refractivity contribution in [3.05, 3.63) is 42.2 Å². The fourth-order valence-electron chi connectivity index (χ4n) is 4.18. The van der Waals surface area contributed by atoms with E-state index in [1.807, 2.05) is 12.1 Å². The molecular weight excluding hydrogens is 470 g/mol. The highest BCUT2D eigenvalue weighted by Gasteiger charge is 2.22. The zero-order valence-corrected chi connectivity index (χ0v) is 20.6. The zero-order valence-electron chi connectivity index (χ0n) is 19.8. The van der Waals surface area contributed by atoms with E-state index in [0.29, 0.717) is 36.3 Å². The van der Waals surface area contributed by atoms with Crippen molar-refractivity contribution in [2.75, 3.05) is 30.7 Å². The van der Waals surface area contributed by atoms with Crippen molar-refractivity contribution in [3.63, 3.8) is 0 Å². The summed E-state index contributed by atoms with van der Waals surface area (Å²) in [5.74, 6) is 0.929. The average molecular weight is 498 g/mol. The molecule has 1 unspecified atom stereocenters. The van der Waals surface area contributed by atoms with E-state index in [1.54, 1.807) is 25.4 Å². The molecule has 2 N–H and O–H groups in total. The van der Waals surface area contributed by atoms with Gasteiger partial charge in [-0.1, -0.05) is 6.92 Å². The number of H-pyrrole nitrogens is 1. The summed E-state index contributed by atoms with van der Waals surface area (Å²) in [5, 5.41) is 16.6. The van der Waals surface area contributed by atoms with Crippen LogP contribution in [0.25, 0.3) is 33.5 Å². The largest absolute Gasteiger partial charge is 0.419 e. The molecule has 1 aliphatic rings. The fourth-order valence-corrected chi connectivity index (χ4v) is 4.78. The standard InChI is InChI=1S/C23H27N7O4S/c1-4-17-12-30(5-6-33-17)13-22-27-28-23(34-22)18-7-15(8-21-19(18)11-25-26-21)16-9-20(14(2)24-10-16)29-35(3,31)32/h7-11,17,29H,4-6,12-13H2,1-3H3,(H,25,26). The third-order valence-corrected chi connectivity index (χ3v) is 6.60. The number of fused-ring (bicyclic) bond motifs is 1. The maximum atomic E-state index is 11.8. The highest BCUT2D eigenvalue weighted by Crippen LogP contribution is 2.34. The minimum atomic E-state index is -3.44. The molecule has 4 heterocycles. The van der Waals surface area contributed by atoms with Gasteiger partial charge < -0.3 is 9.15 Å². The fraction of sp³-hybridized carbons (Fsp3) is 0.391. The highest BCUT2D eigenvalue weighted by molar-refractivity contribution is 7.92. The molecule has 1 aromatic carbocycles. The predicted molar refractivity (Wildman–Crippen MR) is 131 cm³/mol. The Hall–Kier alpha value is -3.35. The second-order valence-corrected chi connectivity index (χ2v) is 10.5. The van der Waals surface area contributed by atoms with Crippen molar-refractivity contribution in [3.8, 4) is 22.6 Å². The lowest BCUT2D eigenvalue weighted by atomic mass is 10.0. The Bertz CT molecular complexity index is 1460. The Morgan fingerprint density at radius 2 is 2.06 bits per heavy atom. The molecule has 12 heteroatoms. The number of ether oxygens (including phenoxy) is 1. The van der Waals surface area contributed by atoms with Crippen LogP contribution in [-0.2, 0) is 21.3 Å². The number of aryl methyl sites for hydroxylation is 1. The zero-order chi connectivity index (χ0) is 24.6. The van der Waals surface area contributed by atoms with E-state index in [-0.39, 0.29) is 6.10 Å². The summed E-state index contributed by atoms with van der Waals surface area (Å²) < 4.78 is 37.9. The molecule has 184 valence electrons. The van der Waals surface area contributed by atoms with Crippen molar-refractivity contribution >= 4 is 26.6 Å². The van der Waals surface area contributed by atoms with Crippen molar-refractivity contribution < 1.29 is 17.6 Å². The Morgan fingerprint density at radius 1 is 1.20 bits per heavy atom. The quantitative estimate of drug-likeness (QED) is 0.394. The molecule has 35 heavy (non-hydrogen) atoms. The van der Waals surface area contributed by atoms with Gasteiger partial charge in [0.05, 0.1) is 54.2 Å². The molecule has 1 fully saturated rings. The summed E-state index contributed by atoms with van der Waals surface area (Å²) >= 11 is 0. The number of nitrogens with one attached hydrogen (secondary N) is 2. The van der Waals surface area contributed by atoms with Crippen LogP contribution < -0.4 is 4.72 Å². The molecule has 4 aromatic rings. The van der Waals surface area contributed by atoms with E-state index in [0.717, 1.165) is 53.4 Å². The molecule has 0 radical (unpaired) electrons. The SMILES string of the molecule is CCC1CN(Cc2nnc(-c3cc(-c4cnc(C)c(NS(C)(=O)=O)c4)cc4[nH]ncc34)o2)CCO1. The molecule has 5 rings (SSSR count). The van der Waals surface area contributed by atoms with Gasteiger partial charge in [0.2, 0.25) is 21.8 Å². The monoisotopic (exact) mass is 497 g/mol. The van der Waals surface area contributed by atoms with Crippen molar-refractivity contribution in [2.24, 2.45) is 0 Å². The lowest BCUT2D eigenvalue weighted by molar-refractivity contribution is -0.0346. The first-order valence-corrected chi connectivity index (χ1v) is 13.3. The molecule has 0 spiro atoms. The van der Waals surface area contributed by atoms with Gasteiger partial charge in [-0.25, -0.2) is 8.42 Å². The molecule has 1 atom stereocenters. The minimum absolute atomic E-state index is 0.221. The maximum absolute atomic E-state index is 11.8. The Kier molecular flexibility index (Phi) is 6.26. The van der Waals surface area contributed by atoms with Crippen LogP contribution in [0.2, 0.25) is 0 Å². The van der Waals surface area contributed by atoms with Crippen LogP contribution >= 0.6 is 0 Å². The van der Waals surface area contributed by atoms with Crippen LogP contribution in [0.5, 0.6) is 0 Å². The molecule has 0 bridgehead atoms. The number of morpholine rings is 1. The van der Waals surface area contributed by atoms with Gasteiger partial charge in [0, 0.05) is 30.2 Å². The van der Waals surface area contributed by atoms with Crippen LogP contribution in [0.3, 0.4) is 0 Å². The Balaban J connectivity index is 1.48. The minimum Gasteiger partial charge on any atom is -0.419 e. The molecule has 1 saturated heterocycles. The van der Waals surface area contributed by atoms with Gasteiger partial charge >= 0.3 is 0 Å². The van der Waals surface area contributed by atoms with E-state index >= 15 is 0 Å². The predicted octanol–water partition coefficient (Wildman–Crippen LogP) is 2.97. The molecular formula is C23H27N7O4S. The van der Waals surface area contributed by atoms with Gasteiger partial charge in [0.15, 0.2) is 0 Å². The van der Waals surface area contributed by atoms with E-state index < -0.39 is 10.0 Å². The molecule has 0 aliphatic carbocycles. The number of anilines is 1. The highest BCUT2D eigenvalue weighted by atomic mass is 32.2. The van der Waals surface area contributed by atoms with Crippen molar-refractivity contribution in [1.29, 1.82) is 0 Å². The average Bonchev–Trinajstić information content (AvgIpc) is 3.49. The van der Waals surface area contributed by atoms with Crippen LogP contribution in [0, 0.1) is 6.92 Å². The number of benzene rings is 1. The number of aromatic amines is 1.